The minimum Gasteiger partial charge on any atom is -0.423 e. The Morgan fingerprint density at radius 1 is 1.24 bits per heavy atom. The van der Waals surface area contributed by atoms with Crippen molar-refractivity contribution in [2.75, 3.05) is 26.7 Å². The fourth-order valence-electron chi connectivity index (χ4n) is 3.78. The highest BCUT2D eigenvalue weighted by Crippen LogP contribution is 2.38. The van der Waals surface area contributed by atoms with Crippen LogP contribution in [0.25, 0.3) is 0 Å². The standard InChI is InChI=1S/C17H22N4O4/c1-25-17(24)21(15(18)22)11-14(12-5-3-2-4-6-12)20(16(21)23)13-7-9-19-10-8-13/h2-6,13-14,19H,7-11H2,1H3,(H-,18,22)/p+1. The number of rotatable bonds is 2. The number of hydrogen-bond acceptors (Lipinski definition) is 5. The van der Waals surface area contributed by atoms with Crippen molar-refractivity contribution in [3.63, 3.8) is 0 Å². The van der Waals surface area contributed by atoms with Gasteiger partial charge >= 0.3 is 18.2 Å². The lowest BCUT2D eigenvalue weighted by Crippen LogP contribution is -2.62. The number of methoxy groups -OCH3 is 1. The van der Waals surface area contributed by atoms with Crippen LogP contribution in [0.5, 0.6) is 0 Å². The number of hydrogen-bond donors (Lipinski definition) is 2. The van der Waals surface area contributed by atoms with E-state index in [2.05, 4.69) is 5.32 Å². The first-order valence-electron chi connectivity index (χ1n) is 8.37. The van der Waals surface area contributed by atoms with Crippen molar-refractivity contribution < 1.29 is 23.6 Å². The Morgan fingerprint density at radius 3 is 2.44 bits per heavy atom. The van der Waals surface area contributed by atoms with E-state index in [-0.39, 0.29) is 12.6 Å². The van der Waals surface area contributed by atoms with Crippen LogP contribution in [0.4, 0.5) is 14.4 Å². The molecule has 2 unspecified atom stereocenters. The normalized spacial score (nSPS) is 27.3. The molecule has 2 fully saturated rings. The molecule has 0 aliphatic carbocycles. The van der Waals surface area contributed by atoms with Crippen molar-refractivity contribution in [2.45, 2.75) is 24.9 Å². The summed E-state index contributed by atoms with van der Waals surface area (Å²) in [6, 6.07) is 7.35. The van der Waals surface area contributed by atoms with E-state index < -0.39 is 28.7 Å². The molecule has 3 rings (SSSR count). The Balaban J connectivity index is 2.06. The zero-order valence-corrected chi connectivity index (χ0v) is 14.2. The highest BCUT2D eigenvalue weighted by Gasteiger charge is 2.64. The van der Waals surface area contributed by atoms with Crippen molar-refractivity contribution in [3.05, 3.63) is 35.9 Å². The maximum atomic E-state index is 13.2. The zero-order valence-electron chi connectivity index (χ0n) is 14.2. The van der Waals surface area contributed by atoms with Gasteiger partial charge in [-0.05, 0) is 31.5 Å². The largest absolute Gasteiger partial charge is 0.534 e. The van der Waals surface area contributed by atoms with E-state index in [4.69, 9.17) is 10.5 Å². The van der Waals surface area contributed by atoms with E-state index in [0.29, 0.717) is 0 Å². The van der Waals surface area contributed by atoms with Crippen LogP contribution >= 0.6 is 0 Å². The van der Waals surface area contributed by atoms with Gasteiger partial charge in [-0.1, -0.05) is 34.8 Å². The lowest BCUT2D eigenvalue weighted by Gasteiger charge is -2.33. The van der Waals surface area contributed by atoms with Crippen LogP contribution in [0.3, 0.4) is 0 Å². The van der Waals surface area contributed by atoms with E-state index >= 15 is 0 Å². The number of amides is 5. The Labute approximate surface area is 146 Å². The fourth-order valence-corrected chi connectivity index (χ4v) is 3.78. The molecule has 2 aliphatic rings. The average molecular weight is 347 g/mol. The number of primary amides is 1. The van der Waals surface area contributed by atoms with Crippen LogP contribution in [0, 0.1) is 0 Å². The molecule has 0 spiro atoms. The molecule has 2 atom stereocenters. The summed E-state index contributed by atoms with van der Waals surface area (Å²) in [4.78, 5) is 39.4. The van der Waals surface area contributed by atoms with E-state index in [9.17, 15) is 14.4 Å². The molecule has 2 heterocycles. The number of urea groups is 2. The number of carbonyl (C=O) groups is 3. The second-order valence-corrected chi connectivity index (χ2v) is 6.40. The van der Waals surface area contributed by atoms with E-state index in [0.717, 1.165) is 38.6 Å². The SMILES string of the molecule is COC(=O)[N+]1(C(N)=O)CC(c2ccccc2)N(C2CCNCC2)C1=O. The van der Waals surface area contributed by atoms with Crippen molar-refractivity contribution in [2.24, 2.45) is 5.73 Å². The molecule has 134 valence electrons. The molecule has 8 nitrogen and oxygen atoms in total. The minimum atomic E-state index is -1.13. The lowest BCUT2D eigenvalue weighted by molar-refractivity contribution is -0.681. The summed E-state index contributed by atoms with van der Waals surface area (Å²) < 4.78 is 3.64. The van der Waals surface area contributed by atoms with Gasteiger partial charge in [0.25, 0.3) is 0 Å². The second kappa shape index (κ2) is 6.81. The van der Waals surface area contributed by atoms with Crippen LogP contribution < -0.4 is 11.1 Å². The van der Waals surface area contributed by atoms with E-state index in [1.165, 1.54) is 0 Å². The van der Waals surface area contributed by atoms with Crippen molar-refractivity contribution in [1.82, 2.24) is 10.2 Å². The molecule has 1 aromatic carbocycles. The summed E-state index contributed by atoms with van der Waals surface area (Å²) >= 11 is 0. The molecule has 2 saturated heterocycles. The third-order valence-electron chi connectivity index (χ3n) is 5.08. The number of benzene rings is 1. The maximum absolute atomic E-state index is 13.2. The highest BCUT2D eigenvalue weighted by molar-refractivity contribution is 5.95. The first-order chi connectivity index (χ1) is 12.0. The molecule has 1 aromatic rings. The number of nitrogens with two attached hydrogens (primary N) is 1. The number of quaternary nitrogens is 1. The smallest absolute Gasteiger partial charge is 0.423 e. The van der Waals surface area contributed by atoms with Crippen LogP contribution in [-0.2, 0) is 4.74 Å². The van der Waals surface area contributed by atoms with Gasteiger partial charge in [0, 0.05) is 6.04 Å². The maximum Gasteiger partial charge on any atom is 0.534 e. The molecule has 8 heteroatoms. The minimum absolute atomic E-state index is 0.0468. The Morgan fingerprint density at radius 2 is 1.88 bits per heavy atom. The van der Waals surface area contributed by atoms with Gasteiger partial charge in [0.1, 0.15) is 12.6 Å². The van der Waals surface area contributed by atoms with E-state index in [1.54, 1.807) is 4.90 Å². The number of carbonyl (C=O) groups excluding carboxylic acids is 3. The predicted octanol–water partition coefficient (Wildman–Crippen LogP) is 1.58. The predicted molar refractivity (Wildman–Crippen MR) is 89.4 cm³/mol. The first kappa shape index (κ1) is 17.4. The molecule has 25 heavy (non-hydrogen) atoms. The molecular weight excluding hydrogens is 324 g/mol. The van der Waals surface area contributed by atoms with Gasteiger partial charge in [0.15, 0.2) is 0 Å². The zero-order chi connectivity index (χ0) is 18.0. The molecule has 2 aliphatic heterocycles. The van der Waals surface area contributed by atoms with Gasteiger partial charge in [-0.25, -0.2) is 9.59 Å². The van der Waals surface area contributed by atoms with Gasteiger partial charge < -0.3 is 15.8 Å². The van der Waals surface area contributed by atoms with Crippen LogP contribution in [0.2, 0.25) is 0 Å². The van der Waals surface area contributed by atoms with Crippen molar-refractivity contribution in [1.29, 1.82) is 0 Å². The van der Waals surface area contributed by atoms with Gasteiger partial charge in [0.2, 0.25) is 0 Å². The third-order valence-corrected chi connectivity index (χ3v) is 5.08. The average Bonchev–Trinajstić information content (AvgIpc) is 2.97. The topological polar surface area (TPSA) is 102 Å². The molecule has 5 amide bonds. The number of piperidine rings is 1. The Kier molecular flexibility index (Phi) is 4.73. The van der Waals surface area contributed by atoms with Crippen molar-refractivity contribution in [3.8, 4) is 0 Å². The first-order valence-corrected chi connectivity index (χ1v) is 8.37. The Bertz CT molecular complexity index is 674. The number of nitrogens with zero attached hydrogens (tertiary/aromatic N) is 2. The summed E-state index contributed by atoms with van der Waals surface area (Å²) in [7, 11) is 1.16. The summed E-state index contributed by atoms with van der Waals surface area (Å²) in [5.74, 6) is 0. The second-order valence-electron chi connectivity index (χ2n) is 6.40. The molecule has 0 aromatic heterocycles. The lowest BCUT2D eigenvalue weighted by atomic mass is 10.00. The number of nitrogens with one attached hydrogen (secondary N) is 1. The molecule has 3 N–H and O–H groups in total. The molecule has 0 saturated carbocycles. The summed E-state index contributed by atoms with van der Waals surface area (Å²) in [5.41, 5.74) is 6.38. The summed E-state index contributed by atoms with van der Waals surface area (Å²) in [5, 5.41) is 3.26. The third kappa shape index (κ3) is 2.77. The van der Waals surface area contributed by atoms with Crippen molar-refractivity contribution >= 4 is 18.2 Å². The molecule has 0 radical (unpaired) electrons. The highest BCUT2D eigenvalue weighted by atomic mass is 16.6. The molecular formula is C17H23N4O4+. The summed E-state index contributed by atoms with van der Waals surface area (Å²) in [6.07, 6.45) is 0.583. The quantitative estimate of drug-likeness (QED) is 0.791. The fraction of sp³-hybridized carbons (Fsp3) is 0.471. The van der Waals surface area contributed by atoms with E-state index in [1.807, 2.05) is 30.3 Å². The summed E-state index contributed by atoms with van der Waals surface area (Å²) in [6.45, 7) is 1.52. The number of ether oxygens (including phenoxy) is 1. The van der Waals surface area contributed by atoms with Gasteiger partial charge in [-0.3, -0.25) is 4.90 Å². The Hall–Kier alpha value is -2.45. The van der Waals surface area contributed by atoms with Gasteiger partial charge in [0.05, 0.1) is 7.11 Å². The van der Waals surface area contributed by atoms with Crippen LogP contribution in [0.1, 0.15) is 24.4 Å². The van der Waals surface area contributed by atoms with Gasteiger partial charge in [-0.15, -0.1) is 0 Å². The van der Waals surface area contributed by atoms with Crippen LogP contribution in [-0.4, -0.2) is 60.3 Å². The van der Waals surface area contributed by atoms with Crippen LogP contribution in [0.15, 0.2) is 30.3 Å². The molecule has 0 bridgehead atoms. The number of imide groups is 3. The monoisotopic (exact) mass is 347 g/mol. The van der Waals surface area contributed by atoms with Gasteiger partial charge in [-0.2, -0.15) is 4.79 Å².